The van der Waals surface area contributed by atoms with Gasteiger partial charge in [0.15, 0.2) is 15.6 Å². The molecule has 0 spiro atoms. The van der Waals surface area contributed by atoms with Gasteiger partial charge in [0.2, 0.25) is 0 Å². The number of Topliss-reactive ketones (excluding diaryl/α,β-unsaturated/α-hetero) is 1. The molecule has 0 aromatic heterocycles. The van der Waals surface area contributed by atoms with Gasteiger partial charge in [-0.05, 0) is 32.9 Å². The maximum atomic E-state index is 12.3. The molecule has 1 aromatic carbocycles. The number of benzene rings is 1. The summed E-state index contributed by atoms with van der Waals surface area (Å²) < 4.78 is 23.3. The summed E-state index contributed by atoms with van der Waals surface area (Å²) >= 11 is 0. The van der Waals surface area contributed by atoms with E-state index in [1.54, 1.807) is 31.2 Å². The summed E-state index contributed by atoms with van der Waals surface area (Å²) in [7, 11) is -3.62. The summed E-state index contributed by atoms with van der Waals surface area (Å²) in [5.41, 5.74) is 0.989. The molecular formula is C13H18O3S. The number of rotatable bonds is 4. The van der Waals surface area contributed by atoms with Gasteiger partial charge in [-0.1, -0.05) is 24.6 Å². The average Bonchev–Trinajstić information content (AvgIpc) is 2.28. The third kappa shape index (κ3) is 2.41. The van der Waals surface area contributed by atoms with E-state index in [2.05, 4.69) is 0 Å². The van der Waals surface area contributed by atoms with Crippen molar-refractivity contribution < 1.29 is 13.2 Å². The summed E-state index contributed by atoms with van der Waals surface area (Å²) in [5, 5.41) is 0. The molecule has 0 aliphatic heterocycles. The predicted molar refractivity (Wildman–Crippen MR) is 67.7 cm³/mol. The fraction of sp³-hybridized carbons (Fsp3) is 0.462. The first-order valence-electron chi connectivity index (χ1n) is 5.58. The lowest BCUT2D eigenvalue weighted by molar-refractivity contribution is -0.120. The topological polar surface area (TPSA) is 51.2 Å². The Morgan fingerprint density at radius 1 is 1.18 bits per heavy atom. The van der Waals surface area contributed by atoms with E-state index >= 15 is 0 Å². The Kier molecular flexibility index (Phi) is 3.77. The van der Waals surface area contributed by atoms with Crippen LogP contribution in [0, 0.1) is 6.92 Å². The van der Waals surface area contributed by atoms with Crippen molar-refractivity contribution in [2.24, 2.45) is 0 Å². The highest BCUT2D eigenvalue weighted by Crippen LogP contribution is 2.27. The fourth-order valence-corrected chi connectivity index (χ4v) is 3.12. The first kappa shape index (κ1) is 13.9. The molecule has 0 atom stereocenters. The second kappa shape index (κ2) is 4.61. The summed E-state index contributed by atoms with van der Waals surface area (Å²) in [6.45, 7) is 6.50. The molecule has 0 bridgehead atoms. The van der Waals surface area contributed by atoms with Gasteiger partial charge in [-0.2, -0.15) is 0 Å². The van der Waals surface area contributed by atoms with E-state index in [9.17, 15) is 13.2 Å². The molecule has 1 aromatic rings. The van der Waals surface area contributed by atoms with Crippen LogP contribution in [-0.4, -0.2) is 18.9 Å². The minimum Gasteiger partial charge on any atom is -0.298 e. The van der Waals surface area contributed by atoms with Crippen molar-refractivity contribution in [1.82, 2.24) is 0 Å². The van der Waals surface area contributed by atoms with Crippen molar-refractivity contribution >= 4 is 15.6 Å². The van der Waals surface area contributed by atoms with Crippen LogP contribution < -0.4 is 0 Å². The molecule has 0 saturated heterocycles. The molecule has 17 heavy (non-hydrogen) atoms. The number of hydrogen-bond donors (Lipinski definition) is 0. The van der Waals surface area contributed by atoms with Crippen molar-refractivity contribution in [3.63, 3.8) is 0 Å². The Bertz CT molecular complexity index is 510. The lowest BCUT2D eigenvalue weighted by Gasteiger charge is -2.22. The second-order valence-electron chi connectivity index (χ2n) is 4.60. The maximum absolute atomic E-state index is 12.3. The molecule has 0 heterocycles. The number of carbonyl (C=O) groups is 1. The van der Waals surface area contributed by atoms with Crippen molar-refractivity contribution in [1.29, 1.82) is 0 Å². The van der Waals surface area contributed by atoms with Gasteiger partial charge in [0, 0.05) is 6.42 Å². The quantitative estimate of drug-likeness (QED) is 0.829. The summed E-state index contributed by atoms with van der Waals surface area (Å²) in [6.07, 6.45) is 0.220. The summed E-state index contributed by atoms with van der Waals surface area (Å²) in [5.74, 6) is -0.266. The average molecular weight is 254 g/mol. The largest absolute Gasteiger partial charge is 0.298 e. The monoisotopic (exact) mass is 254 g/mol. The lowest BCUT2D eigenvalue weighted by atomic mass is 10.1. The zero-order valence-corrected chi connectivity index (χ0v) is 11.5. The summed E-state index contributed by atoms with van der Waals surface area (Å²) in [4.78, 5) is 11.9. The zero-order chi connectivity index (χ0) is 13.3. The van der Waals surface area contributed by atoms with Crippen LogP contribution >= 0.6 is 0 Å². The van der Waals surface area contributed by atoms with E-state index in [4.69, 9.17) is 0 Å². The number of carbonyl (C=O) groups excluding carboxylic acids is 1. The van der Waals surface area contributed by atoms with Crippen LogP contribution in [0.4, 0.5) is 0 Å². The summed E-state index contributed by atoms with van der Waals surface area (Å²) in [6, 6.07) is 6.57. The molecule has 0 unspecified atom stereocenters. The maximum Gasteiger partial charge on any atom is 0.190 e. The van der Waals surface area contributed by atoms with Crippen molar-refractivity contribution in [2.45, 2.75) is 43.8 Å². The fourth-order valence-electron chi connectivity index (χ4n) is 1.59. The molecule has 0 radical (unpaired) electrons. The Balaban J connectivity index is 3.29. The first-order valence-corrected chi connectivity index (χ1v) is 7.06. The SMILES string of the molecule is CCC(=O)C(C)(C)S(=O)(=O)c1ccc(C)cc1. The van der Waals surface area contributed by atoms with Crippen LogP contribution in [-0.2, 0) is 14.6 Å². The van der Waals surface area contributed by atoms with Crippen molar-refractivity contribution in [3.8, 4) is 0 Å². The molecule has 4 heteroatoms. The normalized spacial score (nSPS) is 12.5. The lowest BCUT2D eigenvalue weighted by Crippen LogP contribution is -2.40. The molecular weight excluding hydrogens is 236 g/mol. The van der Waals surface area contributed by atoms with Crippen LogP contribution in [0.3, 0.4) is 0 Å². The molecule has 0 N–H and O–H groups in total. The van der Waals surface area contributed by atoms with Crippen LogP contribution in [0.25, 0.3) is 0 Å². The minimum absolute atomic E-state index is 0.204. The number of ketones is 1. The van der Waals surface area contributed by atoms with Crippen molar-refractivity contribution in [3.05, 3.63) is 29.8 Å². The van der Waals surface area contributed by atoms with Gasteiger partial charge in [-0.3, -0.25) is 4.79 Å². The van der Waals surface area contributed by atoms with E-state index in [1.807, 2.05) is 6.92 Å². The number of sulfone groups is 1. The van der Waals surface area contributed by atoms with Crippen molar-refractivity contribution in [2.75, 3.05) is 0 Å². The van der Waals surface area contributed by atoms with Crippen LogP contribution in [0.5, 0.6) is 0 Å². The Morgan fingerprint density at radius 2 is 1.65 bits per heavy atom. The third-order valence-corrected chi connectivity index (χ3v) is 5.46. The van der Waals surface area contributed by atoms with E-state index in [0.717, 1.165) is 5.56 Å². The molecule has 0 aliphatic carbocycles. The second-order valence-corrected chi connectivity index (χ2v) is 7.10. The molecule has 0 fully saturated rings. The van der Waals surface area contributed by atoms with Gasteiger partial charge < -0.3 is 0 Å². The zero-order valence-electron chi connectivity index (χ0n) is 10.6. The first-order chi connectivity index (χ1) is 7.73. The standard InChI is InChI=1S/C13H18O3S/c1-5-12(14)13(3,4)17(15,16)11-8-6-10(2)7-9-11/h6-9H,5H2,1-4H3. The third-order valence-electron chi connectivity index (χ3n) is 3.00. The van der Waals surface area contributed by atoms with Gasteiger partial charge in [0.1, 0.15) is 4.75 Å². The van der Waals surface area contributed by atoms with E-state index < -0.39 is 14.6 Å². The molecule has 0 amide bonds. The smallest absolute Gasteiger partial charge is 0.190 e. The van der Waals surface area contributed by atoms with Gasteiger partial charge in [0.25, 0.3) is 0 Å². The van der Waals surface area contributed by atoms with E-state index in [0.29, 0.717) is 0 Å². The highest BCUT2D eigenvalue weighted by atomic mass is 32.2. The van der Waals surface area contributed by atoms with Gasteiger partial charge in [-0.25, -0.2) is 8.42 Å². The van der Waals surface area contributed by atoms with Crippen LogP contribution in [0.15, 0.2) is 29.2 Å². The predicted octanol–water partition coefficient (Wildman–Crippen LogP) is 2.53. The van der Waals surface area contributed by atoms with Crippen LogP contribution in [0.2, 0.25) is 0 Å². The Hall–Kier alpha value is -1.16. The molecule has 0 saturated carbocycles. The molecule has 94 valence electrons. The number of aryl methyl sites for hydroxylation is 1. The highest BCUT2D eigenvalue weighted by Gasteiger charge is 2.41. The highest BCUT2D eigenvalue weighted by molar-refractivity contribution is 7.93. The van der Waals surface area contributed by atoms with Gasteiger partial charge in [0.05, 0.1) is 4.90 Å². The Morgan fingerprint density at radius 3 is 2.06 bits per heavy atom. The molecule has 1 rings (SSSR count). The van der Waals surface area contributed by atoms with Gasteiger partial charge >= 0.3 is 0 Å². The molecule has 3 nitrogen and oxygen atoms in total. The van der Waals surface area contributed by atoms with Crippen LogP contribution in [0.1, 0.15) is 32.8 Å². The van der Waals surface area contributed by atoms with E-state index in [-0.39, 0.29) is 17.1 Å². The number of hydrogen-bond acceptors (Lipinski definition) is 3. The minimum atomic E-state index is -3.62. The Labute approximate surface area is 103 Å². The van der Waals surface area contributed by atoms with Gasteiger partial charge in [-0.15, -0.1) is 0 Å². The van der Waals surface area contributed by atoms with E-state index in [1.165, 1.54) is 13.8 Å². The molecule has 0 aliphatic rings.